The van der Waals surface area contributed by atoms with Crippen molar-refractivity contribution in [2.75, 3.05) is 10.6 Å². The third-order valence-electron chi connectivity index (χ3n) is 2.76. The molecule has 2 N–H and O–H groups in total. The maximum atomic E-state index is 11.9. The minimum absolute atomic E-state index is 0.292. The number of hydrogen-bond donors (Lipinski definition) is 2. The van der Waals surface area contributed by atoms with Gasteiger partial charge in [-0.1, -0.05) is 18.2 Å². The van der Waals surface area contributed by atoms with E-state index in [1.54, 1.807) is 24.5 Å². The Balaban J connectivity index is 1.74. The van der Waals surface area contributed by atoms with Crippen LogP contribution in [0.2, 0.25) is 0 Å². The predicted octanol–water partition coefficient (Wildman–Crippen LogP) is 3.27. The summed E-state index contributed by atoms with van der Waals surface area (Å²) >= 11 is 0. The molecule has 0 atom stereocenters. The zero-order valence-electron chi connectivity index (χ0n) is 10.6. The first-order valence-corrected chi connectivity index (χ1v) is 6.15. The summed E-state index contributed by atoms with van der Waals surface area (Å²) in [5.41, 5.74) is 2.95. The number of nitrogens with one attached hydrogen (secondary N) is 2. The number of amides is 2. The summed E-state index contributed by atoms with van der Waals surface area (Å²) in [7, 11) is 0. The van der Waals surface area contributed by atoms with Crippen molar-refractivity contribution in [2.45, 2.75) is 0 Å². The molecule has 0 saturated heterocycles. The second-order valence-corrected chi connectivity index (χ2v) is 4.20. The van der Waals surface area contributed by atoms with E-state index in [1.807, 2.05) is 36.4 Å². The highest BCUT2D eigenvalue weighted by Gasteiger charge is 2.03. The number of carbonyl (C=O) groups excluding carboxylic acids is 1. The predicted molar refractivity (Wildman–Crippen MR) is 78.6 cm³/mol. The molecule has 0 radical (unpaired) electrons. The smallest absolute Gasteiger partial charge is 0.308 e. The van der Waals surface area contributed by atoms with Crippen LogP contribution in [0.3, 0.4) is 0 Å². The number of rotatable bonds is 2. The van der Waals surface area contributed by atoms with Crippen LogP contribution in [-0.4, -0.2) is 16.0 Å². The fourth-order valence-electron chi connectivity index (χ4n) is 1.86. The summed E-state index contributed by atoms with van der Waals surface area (Å²) in [6, 6.07) is 14.4. The van der Waals surface area contributed by atoms with Crippen molar-refractivity contribution in [3.8, 4) is 0 Å². The maximum Gasteiger partial charge on any atom is 0.323 e. The molecule has 0 saturated carbocycles. The molecule has 5 nitrogen and oxygen atoms in total. The van der Waals surface area contributed by atoms with Crippen molar-refractivity contribution in [2.24, 2.45) is 0 Å². The van der Waals surface area contributed by atoms with Gasteiger partial charge in [-0.2, -0.15) is 0 Å². The molecule has 0 aliphatic rings. The number of hydrogen-bond acceptors (Lipinski definition) is 3. The van der Waals surface area contributed by atoms with E-state index in [-0.39, 0.29) is 6.03 Å². The lowest BCUT2D eigenvalue weighted by atomic mass is 10.2. The summed E-state index contributed by atoms with van der Waals surface area (Å²) in [5.74, 6) is 0. The SMILES string of the molecule is O=C(Nc1ccccc1)Nc1ccc2nccnc2c1. The van der Waals surface area contributed by atoms with E-state index in [1.165, 1.54) is 0 Å². The van der Waals surface area contributed by atoms with Crippen molar-refractivity contribution in [3.05, 3.63) is 60.9 Å². The van der Waals surface area contributed by atoms with Gasteiger partial charge in [0.2, 0.25) is 0 Å². The Labute approximate surface area is 115 Å². The monoisotopic (exact) mass is 264 g/mol. The first-order chi connectivity index (χ1) is 9.81. The number of para-hydroxylation sites is 1. The Morgan fingerprint density at radius 1 is 0.800 bits per heavy atom. The van der Waals surface area contributed by atoms with Crippen LogP contribution in [0.4, 0.5) is 16.2 Å². The number of benzene rings is 2. The maximum absolute atomic E-state index is 11.9. The number of nitrogens with zero attached hydrogens (tertiary/aromatic N) is 2. The standard InChI is InChI=1S/C15H12N4O/c20-15(18-11-4-2-1-3-5-11)19-12-6-7-13-14(10-12)17-9-8-16-13/h1-10H,(H2,18,19,20). The number of anilines is 2. The molecule has 5 heteroatoms. The average molecular weight is 264 g/mol. The van der Waals surface area contributed by atoms with Gasteiger partial charge in [-0.25, -0.2) is 4.79 Å². The number of aromatic nitrogens is 2. The van der Waals surface area contributed by atoms with Gasteiger partial charge in [-0.15, -0.1) is 0 Å². The fourth-order valence-corrected chi connectivity index (χ4v) is 1.86. The highest BCUT2D eigenvalue weighted by atomic mass is 16.2. The van der Waals surface area contributed by atoms with Gasteiger partial charge in [0.15, 0.2) is 0 Å². The summed E-state index contributed by atoms with van der Waals surface area (Å²) in [6.45, 7) is 0. The third kappa shape index (κ3) is 2.72. The summed E-state index contributed by atoms with van der Waals surface area (Å²) < 4.78 is 0. The van der Waals surface area contributed by atoms with Crippen LogP contribution in [0.1, 0.15) is 0 Å². The van der Waals surface area contributed by atoms with E-state index in [0.29, 0.717) is 5.69 Å². The van der Waals surface area contributed by atoms with E-state index in [9.17, 15) is 4.79 Å². The minimum atomic E-state index is -0.292. The molecule has 1 heterocycles. The quantitative estimate of drug-likeness (QED) is 0.746. The zero-order chi connectivity index (χ0) is 13.8. The molecule has 0 fully saturated rings. The summed E-state index contributed by atoms with van der Waals surface area (Å²) in [5, 5.41) is 5.52. The molecule has 2 amide bonds. The largest absolute Gasteiger partial charge is 0.323 e. The van der Waals surface area contributed by atoms with Crippen LogP contribution in [0, 0.1) is 0 Å². The molecule has 20 heavy (non-hydrogen) atoms. The van der Waals surface area contributed by atoms with Crippen LogP contribution in [0.15, 0.2) is 60.9 Å². The van der Waals surface area contributed by atoms with Gasteiger partial charge >= 0.3 is 6.03 Å². The highest BCUT2D eigenvalue weighted by molar-refractivity contribution is 6.00. The summed E-state index contributed by atoms with van der Waals surface area (Å²) in [6.07, 6.45) is 3.26. The van der Waals surface area contributed by atoms with Crippen LogP contribution >= 0.6 is 0 Å². The van der Waals surface area contributed by atoms with Gasteiger partial charge in [0.1, 0.15) is 0 Å². The lowest BCUT2D eigenvalue weighted by Crippen LogP contribution is -2.19. The first kappa shape index (κ1) is 12.1. The number of urea groups is 1. The van der Waals surface area contributed by atoms with Gasteiger partial charge < -0.3 is 10.6 Å². The molecule has 0 spiro atoms. The van der Waals surface area contributed by atoms with Crippen molar-refractivity contribution in [3.63, 3.8) is 0 Å². The van der Waals surface area contributed by atoms with Gasteiger partial charge in [0.05, 0.1) is 11.0 Å². The molecule has 2 aromatic carbocycles. The molecule has 3 rings (SSSR count). The molecule has 3 aromatic rings. The topological polar surface area (TPSA) is 66.9 Å². The lowest BCUT2D eigenvalue weighted by Gasteiger charge is -2.07. The summed E-state index contributed by atoms with van der Waals surface area (Å²) in [4.78, 5) is 20.2. The van der Waals surface area contributed by atoms with Crippen molar-refractivity contribution in [1.82, 2.24) is 9.97 Å². The third-order valence-corrected chi connectivity index (χ3v) is 2.76. The van der Waals surface area contributed by atoms with Crippen molar-refractivity contribution < 1.29 is 4.79 Å². The van der Waals surface area contributed by atoms with Gasteiger partial charge in [0.25, 0.3) is 0 Å². The van der Waals surface area contributed by atoms with Crippen LogP contribution < -0.4 is 10.6 Å². The van der Waals surface area contributed by atoms with Gasteiger partial charge in [0, 0.05) is 23.8 Å². The van der Waals surface area contributed by atoms with Crippen molar-refractivity contribution >= 4 is 28.4 Å². The van der Waals surface area contributed by atoms with Crippen LogP contribution in [-0.2, 0) is 0 Å². The Morgan fingerprint density at radius 2 is 1.50 bits per heavy atom. The average Bonchev–Trinajstić information content (AvgIpc) is 2.48. The van der Waals surface area contributed by atoms with E-state index in [2.05, 4.69) is 20.6 Å². The lowest BCUT2D eigenvalue weighted by molar-refractivity contribution is 0.262. The molecular formula is C15H12N4O. The van der Waals surface area contributed by atoms with E-state index in [0.717, 1.165) is 16.7 Å². The second-order valence-electron chi connectivity index (χ2n) is 4.20. The van der Waals surface area contributed by atoms with Crippen LogP contribution in [0.5, 0.6) is 0 Å². The minimum Gasteiger partial charge on any atom is -0.308 e. The Morgan fingerprint density at radius 3 is 2.30 bits per heavy atom. The Kier molecular flexibility index (Phi) is 3.24. The zero-order valence-corrected chi connectivity index (χ0v) is 10.6. The Hall–Kier alpha value is -2.95. The number of fused-ring (bicyclic) bond motifs is 1. The van der Waals surface area contributed by atoms with E-state index < -0.39 is 0 Å². The van der Waals surface area contributed by atoms with Crippen LogP contribution in [0.25, 0.3) is 11.0 Å². The van der Waals surface area contributed by atoms with Crippen molar-refractivity contribution in [1.29, 1.82) is 0 Å². The molecule has 0 aliphatic carbocycles. The number of carbonyl (C=O) groups is 1. The fraction of sp³-hybridized carbons (Fsp3) is 0. The van der Waals surface area contributed by atoms with Gasteiger partial charge in [-0.3, -0.25) is 9.97 Å². The molecule has 1 aromatic heterocycles. The highest BCUT2D eigenvalue weighted by Crippen LogP contribution is 2.15. The molecule has 0 bridgehead atoms. The molecule has 98 valence electrons. The molecular weight excluding hydrogens is 252 g/mol. The second kappa shape index (κ2) is 5.36. The Bertz CT molecular complexity index is 743. The van der Waals surface area contributed by atoms with Gasteiger partial charge in [-0.05, 0) is 30.3 Å². The van der Waals surface area contributed by atoms with E-state index >= 15 is 0 Å². The van der Waals surface area contributed by atoms with E-state index in [4.69, 9.17) is 0 Å². The first-order valence-electron chi connectivity index (χ1n) is 6.15. The normalized spacial score (nSPS) is 10.2. The molecule has 0 aliphatic heterocycles. The molecule has 0 unspecified atom stereocenters.